The third-order valence-electron chi connectivity index (χ3n) is 5.21. The van der Waals surface area contributed by atoms with Gasteiger partial charge in [-0.25, -0.2) is 4.79 Å². The van der Waals surface area contributed by atoms with Crippen molar-refractivity contribution in [1.82, 2.24) is 5.32 Å². The van der Waals surface area contributed by atoms with E-state index >= 15 is 0 Å². The molecule has 0 aromatic heterocycles. The number of methoxy groups -OCH3 is 1. The molecule has 0 bridgehead atoms. The number of fused-ring (bicyclic) bond motifs is 1. The minimum absolute atomic E-state index is 0.0476. The molecular formula is C27H30N2O6. The van der Waals surface area contributed by atoms with Gasteiger partial charge in [-0.15, -0.1) is 0 Å². The minimum atomic E-state index is -0.697. The molecule has 0 aliphatic carbocycles. The van der Waals surface area contributed by atoms with Crippen LogP contribution in [0.4, 0.5) is 4.79 Å². The lowest BCUT2D eigenvalue weighted by Gasteiger charge is -2.10. The van der Waals surface area contributed by atoms with Crippen molar-refractivity contribution >= 4 is 28.7 Å². The lowest BCUT2D eigenvalue weighted by atomic mass is 10.1. The van der Waals surface area contributed by atoms with Crippen LogP contribution in [-0.4, -0.2) is 38.2 Å². The number of hydrogen-bond acceptors (Lipinski definition) is 7. The average Bonchev–Trinajstić information content (AvgIpc) is 2.87. The van der Waals surface area contributed by atoms with Crippen LogP contribution < -0.4 is 14.8 Å². The van der Waals surface area contributed by atoms with Crippen molar-refractivity contribution in [2.45, 2.75) is 32.8 Å². The van der Waals surface area contributed by atoms with Crippen LogP contribution in [-0.2, 0) is 20.9 Å². The second-order valence-corrected chi connectivity index (χ2v) is 7.76. The minimum Gasteiger partial charge on any atom is -0.497 e. The monoisotopic (exact) mass is 478 g/mol. The van der Waals surface area contributed by atoms with Crippen molar-refractivity contribution in [3.05, 3.63) is 71.8 Å². The number of alkyl carbamates (subject to hydrolysis) is 1. The number of unbranched alkanes of at least 4 members (excludes halogenated alkanes) is 1. The van der Waals surface area contributed by atoms with Crippen LogP contribution in [0.25, 0.3) is 10.8 Å². The molecule has 0 unspecified atom stereocenters. The van der Waals surface area contributed by atoms with Crippen molar-refractivity contribution in [2.24, 2.45) is 0 Å². The Morgan fingerprint density at radius 3 is 2.34 bits per heavy atom. The van der Waals surface area contributed by atoms with E-state index in [4.69, 9.17) is 24.4 Å². The van der Waals surface area contributed by atoms with Gasteiger partial charge in [-0.2, -0.15) is 0 Å². The van der Waals surface area contributed by atoms with E-state index in [1.54, 1.807) is 32.2 Å². The van der Waals surface area contributed by atoms with Crippen LogP contribution >= 0.6 is 0 Å². The van der Waals surface area contributed by atoms with Crippen molar-refractivity contribution in [3.63, 3.8) is 0 Å². The van der Waals surface area contributed by atoms with Gasteiger partial charge < -0.3 is 18.9 Å². The van der Waals surface area contributed by atoms with E-state index in [-0.39, 0.29) is 18.4 Å². The highest BCUT2D eigenvalue weighted by Gasteiger charge is 2.10. The Hall–Kier alpha value is -4.07. The lowest BCUT2D eigenvalue weighted by molar-refractivity contribution is -0.143. The predicted molar refractivity (Wildman–Crippen MR) is 133 cm³/mol. The molecule has 1 amide bonds. The summed E-state index contributed by atoms with van der Waals surface area (Å²) in [6.45, 7) is 2.80. The number of ether oxygens (including phenoxy) is 4. The van der Waals surface area contributed by atoms with Gasteiger partial charge in [-0.05, 0) is 66.4 Å². The molecule has 0 fully saturated rings. The molecule has 0 saturated carbocycles. The molecule has 3 aromatic carbocycles. The maximum atomic E-state index is 12.1. The van der Waals surface area contributed by atoms with Crippen molar-refractivity contribution in [1.29, 1.82) is 5.41 Å². The molecule has 8 nitrogen and oxygen atoms in total. The number of carbonyl (C=O) groups is 2. The van der Waals surface area contributed by atoms with Gasteiger partial charge in [0.2, 0.25) is 0 Å². The maximum absolute atomic E-state index is 12.1. The summed E-state index contributed by atoms with van der Waals surface area (Å²) < 4.78 is 21.0. The fraction of sp³-hybridized carbons (Fsp3) is 0.296. The number of amidine groups is 1. The number of carbonyl (C=O) groups excluding carboxylic acids is 2. The summed E-state index contributed by atoms with van der Waals surface area (Å²) in [6, 6.07) is 18.3. The van der Waals surface area contributed by atoms with Gasteiger partial charge >= 0.3 is 12.1 Å². The van der Waals surface area contributed by atoms with E-state index in [9.17, 15) is 9.59 Å². The summed E-state index contributed by atoms with van der Waals surface area (Å²) in [5.41, 5.74) is 1.38. The SMILES string of the molecule is CCOC(=O)CCCCOc1ccc2cc(C(=N)NC(=O)OCc3ccc(OC)cc3)ccc2c1. The van der Waals surface area contributed by atoms with Gasteiger partial charge in [0.05, 0.1) is 20.3 Å². The lowest BCUT2D eigenvalue weighted by Crippen LogP contribution is -2.30. The zero-order valence-electron chi connectivity index (χ0n) is 20.0. The summed E-state index contributed by atoms with van der Waals surface area (Å²) >= 11 is 0. The first kappa shape index (κ1) is 25.6. The molecule has 0 aliphatic rings. The standard InChI is InChI=1S/C27H30N2O6/c1-3-33-25(30)6-4-5-15-34-24-14-11-20-16-22(10-9-21(20)17-24)26(28)29-27(31)35-18-19-7-12-23(32-2)13-8-19/h7-14,16-17H,3-6,15,18H2,1-2H3,(H2,28,29,31). The van der Waals surface area contributed by atoms with Gasteiger partial charge in [-0.3, -0.25) is 15.5 Å². The molecule has 8 heteroatoms. The highest BCUT2D eigenvalue weighted by molar-refractivity contribution is 6.06. The molecule has 0 saturated heterocycles. The zero-order valence-corrected chi connectivity index (χ0v) is 20.0. The third-order valence-corrected chi connectivity index (χ3v) is 5.21. The fourth-order valence-electron chi connectivity index (χ4n) is 3.34. The summed E-state index contributed by atoms with van der Waals surface area (Å²) in [7, 11) is 1.59. The van der Waals surface area contributed by atoms with Crippen LogP contribution in [0.5, 0.6) is 11.5 Å². The predicted octanol–water partition coefficient (Wildman–Crippen LogP) is 5.21. The number of rotatable bonds is 11. The van der Waals surface area contributed by atoms with Crippen molar-refractivity contribution < 1.29 is 28.5 Å². The summed E-state index contributed by atoms with van der Waals surface area (Å²) in [5.74, 6) is 1.23. The van der Waals surface area contributed by atoms with Crippen LogP contribution in [0.1, 0.15) is 37.3 Å². The normalized spacial score (nSPS) is 10.5. The number of amides is 1. The van der Waals surface area contributed by atoms with E-state index in [0.29, 0.717) is 31.6 Å². The number of esters is 1. The number of benzene rings is 3. The maximum Gasteiger partial charge on any atom is 0.413 e. The Labute approximate surface area is 204 Å². The molecule has 0 heterocycles. The number of nitrogens with one attached hydrogen (secondary N) is 2. The molecule has 0 spiro atoms. The third kappa shape index (κ3) is 8.03. The fourth-order valence-corrected chi connectivity index (χ4v) is 3.34. The second-order valence-electron chi connectivity index (χ2n) is 7.76. The van der Waals surface area contributed by atoms with Gasteiger partial charge in [0.1, 0.15) is 23.9 Å². The molecule has 3 rings (SSSR count). The van der Waals surface area contributed by atoms with Crippen LogP contribution in [0.2, 0.25) is 0 Å². The van der Waals surface area contributed by atoms with E-state index < -0.39 is 6.09 Å². The van der Waals surface area contributed by atoms with Gasteiger partial charge in [0.15, 0.2) is 0 Å². The molecular weight excluding hydrogens is 448 g/mol. The van der Waals surface area contributed by atoms with E-state index in [0.717, 1.165) is 34.3 Å². The average molecular weight is 479 g/mol. The zero-order chi connectivity index (χ0) is 25.0. The Balaban J connectivity index is 1.47. The first-order valence-corrected chi connectivity index (χ1v) is 11.5. The molecule has 184 valence electrons. The van der Waals surface area contributed by atoms with Crippen LogP contribution in [0.3, 0.4) is 0 Å². The van der Waals surface area contributed by atoms with Crippen molar-refractivity contribution in [3.8, 4) is 11.5 Å². The second kappa shape index (κ2) is 13.0. The molecule has 3 aromatic rings. The van der Waals surface area contributed by atoms with Crippen molar-refractivity contribution in [2.75, 3.05) is 20.3 Å². The topological polar surface area (TPSA) is 107 Å². The quantitative estimate of drug-likeness (QED) is 0.170. The molecule has 0 radical (unpaired) electrons. The van der Waals surface area contributed by atoms with E-state index in [2.05, 4.69) is 5.32 Å². The summed E-state index contributed by atoms with van der Waals surface area (Å²) in [5, 5.41) is 12.5. The van der Waals surface area contributed by atoms with Crippen LogP contribution in [0.15, 0.2) is 60.7 Å². The Morgan fingerprint density at radius 1 is 0.886 bits per heavy atom. The van der Waals surface area contributed by atoms with E-state index in [1.165, 1.54) is 0 Å². The number of hydrogen-bond donors (Lipinski definition) is 2. The van der Waals surface area contributed by atoms with Gasteiger partial charge in [0.25, 0.3) is 0 Å². The van der Waals surface area contributed by atoms with Gasteiger partial charge in [0, 0.05) is 12.0 Å². The van der Waals surface area contributed by atoms with Crippen LogP contribution in [0, 0.1) is 5.41 Å². The highest BCUT2D eigenvalue weighted by atomic mass is 16.5. The first-order chi connectivity index (χ1) is 17.0. The molecule has 0 atom stereocenters. The smallest absolute Gasteiger partial charge is 0.413 e. The Bertz CT molecular complexity index is 1160. The molecule has 0 aliphatic heterocycles. The molecule has 2 N–H and O–H groups in total. The summed E-state index contributed by atoms with van der Waals surface area (Å²) in [6.07, 6.45) is 1.17. The Morgan fingerprint density at radius 2 is 1.60 bits per heavy atom. The van der Waals surface area contributed by atoms with Gasteiger partial charge in [-0.1, -0.05) is 30.3 Å². The van der Waals surface area contributed by atoms with E-state index in [1.807, 2.05) is 42.5 Å². The summed E-state index contributed by atoms with van der Waals surface area (Å²) in [4.78, 5) is 23.5. The highest BCUT2D eigenvalue weighted by Crippen LogP contribution is 2.22. The largest absolute Gasteiger partial charge is 0.497 e. The molecule has 35 heavy (non-hydrogen) atoms. The Kier molecular flexibility index (Phi) is 9.48. The first-order valence-electron chi connectivity index (χ1n) is 11.5.